The Morgan fingerprint density at radius 2 is 1.94 bits per heavy atom. The second-order valence-electron chi connectivity index (χ2n) is 4.25. The Labute approximate surface area is 117 Å². The Kier molecular flexibility index (Phi) is 7.66. The standard InChI is InChI=1S/C12H17BrClN.ClH/c1-8(2)3-6-12(15)9-4-5-11(14)10(13)7-9;/h4-5,7-8,12H,3,6,15H2,1-2H3;1H/t12-;/m0./s1. The molecule has 0 radical (unpaired) electrons. The summed E-state index contributed by atoms with van der Waals surface area (Å²) in [7, 11) is 0. The Bertz CT molecular complexity index is 329. The summed E-state index contributed by atoms with van der Waals surface area (Å²) in [6.45, 7) is 4.43. The zero-order chi connectivity index (χ0) is 11.4. The van der Waals surface area contributed by atoms with E-state index in [1.807, 2.05) is 18.2 Å². The van der Waals surface area contributed by atoms with Crippen LogP contribution in [0, 0.1) is 5.92 Å². The van der Waals surface area contributed by atoms with Gasteiger partial charge in [0.15, 0.2) is 0 Å². The smallest absolute Gasteiger partial charge is 0.0548 e. The molecule has 92 valence electrons. The molecule has 0 saturated heterocycles. The highest BCUT2D eigenvalue weighted by molar-refractivity contribution is 9.10. The van der Waals surface area contributed by atoms with Gasteiger partial charge in [0.2, 0.25) is 0 Å². The summed E-state index contributed by atoms with van der Waals surface area (Å²) < 4.78 is 0.918. The van der Waals surface area contributed by atoms with Crippen molar-refractivity contribution < 1.29 is 0 Å². The van der Waals surface area contributed by atoms with Crippen LogP contribution in [-0.4, -0.2) is 0 Å². The van der Waals surface area contributed by atoms with Gasteiger partial charge in [-0.25, -0.2) is 0 Å². The van der Waals surface area contributed by atoms with Crippen LogP contribution in [0.3, 0.4) is 0 Å². The fourth-order valence-corrected chi connectivity index (χ4v) is 1.94. The van der Waals surface area contributed by atoms with E-state index >= 15 is 0 Å². The SMILES string of the molecule is CC(C)CC[C@H](N)c1ccc(Cl)c(Br)c1.Cl. The molecule has 2 N–H and O–H groups in total. The molecule has 0 aliphatic carbocycles. The van der Waals surface area contributed by atoms with Crippen LogP contribution in [-0.2, 0) is 0 Å². The molecular weight excluding hydrogens is 309 g/mol. The summed E-state index contributed by atoms with van der Waals surface area (Å²) in [5.74, 6) is 0.701. The van der Waals surface area contributed by atoms with E-state index in [-0.39, 0.29) is 18.4 Å². The first kappa shape index (κ1) is 16.2. The van der Waals surface area contributed by atoms with Gasteiger partial charge in [0.25, 0.3) is 0 Å². The van der Waals surface area contributed by atoms with Crippen LogP contribution in [0.2, 0.25) is 5.02 Å². The largest absolute Gasteiger partial charge is 0.324 e. The third-order valence-electron chi connectivity index (χ3n) is 2.43. The van der Waals surface area contributed by atoms with Crippen molar-refractivity contribution in [1.29, 1.82) is 0 Å². The van der Waals surface area contributed by atoms with Crippen molar-refractivity contribution in [3.63, 3.8) is 0 Å². The highest BCUT2D eigenvalue weighted by atomic mass is 79.9. The van der Waals surface area contributed by atoms with E-state index in [9.17, 15) is 0 Å². The van der Waals surface area contributed by atoms with E-state index in [0.29, 0.717) is 5.92 Å². The van der Waals surface area contributed by atoms with Crippen molar-refractivity contribution >= 4 is 39.9 Å². The van der Waals surface area contributed by atoms with E-state index in [1.165, 1.54) is 0 Å². The predicted octanol–water partition coefficient (Wildman–Crippen LogP) is 4.96. The van der Waals surface area contributed by atoms with Crippen LogP contribution in [0.25, 0.3) is 0 Å². The summed E-state index contributed by atoms with van der Waals surface area (Å²) >= 11 is 9.33. The number of benzene rings is 1. The molecule has 0 fully saturated rings. The monoisotopic (exact) mass is 325 g/mol. The molecule has 0 bridgehead atoms. The van der Waals surface area contributed by atoms with Crippen LogP contribution in [0.5, 0.6) is 0 Å². The van der Waals surface area contributed by atoms with Gasteiger partial charge < -0.3 is 5.73 Å². The molecule has 4 heteroatoms. The zero-order valence-electron chi connectivity index (χ0n) is 9.54. The number of nitrogens with two attached hydrogens (primary N) is 1. The lowest BCUT2D eigenvalue weighted by molar-refractivity contribution is 0.507. The van der Waals surface area contributed by atoms with Gasteiger partial charge in [0.05, 0.1) is 5.02 Å². The highest BCUT2D eigenvalue weighted by Gasteiger charge is 2.08. The van der Waals surface area contributed by atoms with E-state index in [1.54, 1.807) is 0 Å². The number of rotatable bonds is 4. The van der Waals surface area contributed by atoms with Gasteiger partial charge in [-0.2, -0.15) is 0 Å². The third kappa shape index (κ3) is 5.05. The van der Waals surface area contributed by atoms with Gasteiger partial charge in [-0.3, -0.25) is 0 Å². The molecule has 0 spiro atoms. The Hall–Kier alpha value is 0.240. The number of halogens is 3. The fraction of sp³-hybridized carbons (Fsp3) is 0.500. The van der Waals surface area contributed by atoms with E-state index < -0.39 is 0 Å². The minimum atomic E-state index is 0. The predicted molar refractivity (Wildman–Crippen MR) is 77.4 cm³/mol. The van der Waals surface area contributed by atoms with E-state index in [2.05, 4.69) is 29.8 Å². The molecule has 16 heavy (non-hydrogen) atoms. The lowest BCUT2D eigenvalue weighted by atomic mass is 9.98. The zero-order valence-corrected chi connectivity index (χ0v) is 12.7. The quantitative estimate of drug-likeness (QED) is 0.831. The normalized spacial score (nSPS) is 12.4. The summed E-state index contributed by atoms with van der Waals surface area (Å²) in [6, 6.07) is 6.00. The summed E-state index contributed by atoms with van der Waals surface area (Å²) in [4.78, 5) is 0. The molecule has 0 aromatic heterocycles. The molecule has 1 rings (SSSR count). The Morgan fingerprint density at radius 3 is 2.44 bits per heavy atom. The highest BCUT2D eigenvalue weighted by Crippen LogP contribution is 2.27. The molecule has 0 aliphatic rings. The maximum atomic E-state index is 6.10. The lowest BCUT2D eigenvalue weighted by Crippen LogP contribution is -2.11. The van der Waals surface area contributed by atoms with Crippen molar-refractivity contribution in [2.45, 2.75) is 32.7 Å². The molecule has 1 nitrogen and oxygen atoms in total. The molecule has 0 amide bonds. The molecule has 1 aromatic carbocycles. The molecular formula is C12H18BrCl2N. The maximum absolute atomic E-state index is 6.10. The first-order valence-electron chi connectivity index (χ1n) is 5.21. The van der Waals surface area contributed by atoms with Crippen molar-refractivity contribution in [3.8, 4) is 0 Å². The average Bonchev–Trinajstić information content (AvgIpc) is 2.18. The number of hydrogen-bond acceptors (Lipinski definition) is 1. The lowest BCUT2D eigenvalue weighted by Gasteiger charge is -2.14. The number of hydrogen-bond donors (Lipinski definition) is 1. The van der Waals surface area contributed by atoms with Crippen LogP contribution < -0.4 is 5.73 Å². The second kappa shape index (κ2) is 7.54. The van der Waals surface area contributed by atoms with Crippen LogP contribution >= 0.6 is 39.9 Å². The van der Waals surface area contributed by atoms with Crippen molar-refractivity contribution in [1.82, 2.24) is 0 Å². The van der Waals surface area contributed by atoms with E-state index in [0.717, 1.165) is 27.9 Å². The molecule has 0 heterocycles. The molecule has 1 aromatic rings. The molecule has 1 atom stereocenters. The second-order valence-corrected chi connectivity index (χ2v) is 5.51. The summed E-state index contributed by atoms with van der Waals surface area (Å²) in [5.41, 5.74) is 7.24. The first-order valence-corrected chi connectivity index (χ1v) is 6.38. The molecule has 0 saturated carbocycles. The van der Waals surface area contributed by atoms with Gasteiger partial charge in [-0.15, -0.1) is 12.4 Å². The van der Waals surface area contributed by atoms with Gasteiger partial charge in [-0.1, -0.05) is 31.5 Å². The van der Waals surface area contributed by atoms with Gasteiger partial charge >= 0.3 is 0 Å². The topological polar surface area (TPSA) is 26.0 Å². The van der Waals surface area contributed by atoms with Gasteiger partial charge in [0, 0.05) is 10.5 Å². The molecule has 0 unspecified atom stereocenters. The van der Waals surface area contributed by atoms with Crippen LogP contribution in [0.4, 0.5) is 0 Å². The Morgan fingerprint density at radius 1 is 1.31 bits per heavy atom. The first-order chi connectivity index (χ1) is 7.00. The fourth-order valence-electron chi connectivity index (χ4n) is 1.42. The van der Waals surface area contributed by atoms with E-state index in [4.69, 9.17) is 17.3 Å². The minimum absolute atomic E-state index is 0. The van der Waals surface area contributed by atoms with Crippen molar-refractivity contribution in [2.24, 2.45) is 11.7 Å². The van der Waals surface area contributed by atoms with Crippen LogP contribution in [0.1, 0.15) is 38.3 Å². The average molecular weight is 327 g/mol. The third-order valence-corrected chi connectivity index (χ3v) is 3.64. The van der Waals surface area contributed by atoms with Crippen LogP contribution in [0.15, 0.2) is 22.7 Å². The summed E-state index contributed by atoms with van der Waals surface area (Å²) in [6.07, 6.45) is 2.17. The van der Waals surface area contributed by atoms with Crippen molar-refractivity contribution in [2.75, 3.05) is 0 Å². The summed E-state index contributed by atoms with van der Waals surface area (Å²) in [5, 5.41) is 0.731. The van der Waals surface area contributed by atoms with Crippen molar-refractivity contribution in [3.05, 3.63) is 33.3 Å². The molecule has 0 aliphatic heterocycles. The van der Waals surface area contributed by atoms with Gasteiger partial charge in [0.1, 0.15) is 0 Å². The van der Waals surface area contributed by atoms with Gasteiger partial charge in [-0.05, 0) is 52.4 Å². The Balaban J connectivity index is 0.00000225. The minimum Gasteiger partial charge on any atom is -0.324 e. The maximum Gasteiger partial charge on any atom is 0.0548 e.